The lowest BCUT2D eigenvalue weighted by atomic mass is 9.82. The number of allylic oxidation sites excluding steroid dienone is 1. The Bertz CT molecular complexity index is 466. The predicted octanol–water partition coefficient (Wildman–Crippen LogP) is 4.01. The van der Waals surface area contributed by atoms with Crippen molar-refractivity contribution in [3.8, 4) is 0 Å². The van der Waals surface area contributed by atoms with Crippen LogP contribution in [0.15, 0.2) is 11.1 Å². The molecule has 3 saturated carbocycles. The van der Waals surface area contributed by atoms with Crippen LogP contribution in [0.5, 0.6) is 0 Å². The normalized spacial score (nSPS) is 42.2. The summed E-state index contributed by atoms with van der Waals surface area (Å²) >= 11 is 1.86. The van der Waals surface area contributed by atoms with E-state index in [0.29, 0.717) is 5.78 Å². The molecule has 3 fully saturated rings. The second-order valence-corrected chi connectivity index (χ2v) is 9.08. The van der Waals surface area contributed by atoms with Crippen LogP contribution in [0.2, 0.25) is 0 Å². The van der Waals surface area contributed by atoms with Gasteiger partial charge >= 0.3 is 0 Å². The lowest BCUT2D eigenvalue weighted by molar-refractivity contribution is -0.117. The van der Waals surface area contributed by atoms with E-state index in [-0.39, 0.29) is 10.3 Å². The van der Waals surface area contributed by atoms with Crippen molar-refractivity contribution in [1.29, 1.82) is 0 Å². The molecule has 4 rings (SSSR count). The average Bonchev–Trinajstić information content (AvgIpc) is 3.06. The van der Waals surface area contributed by atoms with Gasteiger partial charge in [-0.15, -0.1) is 0 Å². The van der Waals surface area contributed by atoms with Gasteiger partial charge in [-0.3, -0.25) is 4.79 Å². The Balaban J connectivity index is 1.48. The van der Waals surface area contributed by atoms with Crippen molar-refractivity contribution in [3.63, 3.8) is 0 Å². The molecule has 20 heavy (non-hydrogen) atoms. The number of rotatable bonds is 2. The highest BCUT2D eigenvalue weighted by molar-refractivity contribution is 8.05. The first-order valence-corrected chi connectivity index (χ1v) is 9.15. The quantitative estimate of drug-likeness (QED) is 0.833. The summed E-state index contributed by atoms with van der Waals surface area (Å²) in [6, 6.07) is 0. The summed E-state index contributed by atoms with van der Waals surface area (Å²) in [5.41, 5.74) is 0.252. The van der Waals surface area contributed by atoms with Gasteiger partial charge < -0.3 is 5.32 Å². The highest BCUT2D eigenvalue weighted by Gasteiger charge is 2.50. The largest absolute Gasteiger partial charge is 0.374 e. The zero-order valence-corrected chi connectivity index (χ0v) is 13.2. The van der Waals surface area contributed by atoms with Crippen LogP contribution in [0.4, 0.5) is 0 Å². The van der Waals surface area contributed by atoms with E-state index in [9.17, 15) is 4.79 Å². The zero-order chi connectivity index (χ0) is 13.8. The molecule has 0 unspecified atom stereocenters. The summed E-state index contributed by atoms with van der Waals surface area (Å²) in [5, 5.41) is 4.96. The van der Waals surface area contributed by atoms with Gasteiger partial charge in [0.15, 0.2) is 5.78 Å². The molecule has 0 saturated heterocycles. The number of fused-ring (bicyclic) bond motifs is 2. The molecule has 1 spiro atoms. The van der Waals surface area contributed by atoms with E-state index in [1.54, 1.807) is 0 Å². The van der Waals surface area contributed by atoms with Gasteiger partial charge in [-0.05, 0) is 57.3 Å². The molecule has 110 valence electrons. The second-order valence-electron chi connectivity index (χ2n) is 7.65. The van der Waals surface area contributed by atoms with Gasteiger partial charge in [-0.2, -0.15) is 0 Å². The molecular formula is C17H25NOS. The summed E-state index contributed by atoms with van der Waals surface area (Å²) < 4.78 is -0.0887. The topological polar surface area (TPSA) is 29.1 Å². The van der Waals surface area contributed by atoms with Crippen molar-refractivity contribution < 1.29 is 4.79 Å². The van der Waals surface area contributed by atoms with E-state index < -0.39 is 0 Å². The summed E-state index contributed by atoms with van der Waals surface area (Å²) in [5.74, 6) is 2.15. The smallest absolute Gasteiger partial charge is 0.174 e. The van der Waals surface area contributed by atoms with Crippen LogP contribution in [0, 0.1) is 11.8 Å². The molecule has 1 heterocycles. The van der Waals surface area contributed by atoms with Crippen molar-refractivity contribution in [2.24, 2.45) is 11.8 Å². The first-order chi connectivity index (χ1) is 9.60. The van der Waals surface area contributed by atoms with Gasteiger partial charge in [0.1, 0.15) is 0 Å². The molecule has 0 aromatic heterocycles. The monoisotopic (exact) mass is 291 g/mol. The summed E-state index contributed by atoms with van der Waals surface area (Å²) in [7, 11) is 0. The second kappa shape index (κ2) is 4.53. The standard InChI is InChI=1S/C17H25NOS/c1-16(11-12-5-6-13(16)9-12)18-15-10-14(19)17(20-15)7-3-2-4-8-17/h10,12-13,18H,2-9,11H2,1H3/t12-,13+,16+/m0/s1. The minimum absolute atomic E-state index is 0.0887. The Labute approximate surface area is 126 Å². The zero-order valence-electron chi connectivity index (χ0n) is 12.4. The number of carbonyl (C=O) groups is 1. The summed E-state index contributed by atoms with van der Waals surface area (Å²) in [6.07, 6.45) is 13.4. The molecule has 2 bridgehead atoms. The van der Waals surface area contributed by atoms with E-state index in [0.717, 1.165) is 24.7 Å². The predicted molar refractivity (Wildman–Crippen MR) is 83.5 cm³/mol. The molecule has 1 N–H and O–H groups in total. The molecule has 2 nitrogen and oxygen atoms in total. The lowest BCUT2D eigenvalue weighted by Gasteiger charge is -2.37. The van der Waals surface area contributed by atoms with E-state index in [1.165, 1.54) is 50.0 Å². The molecule has 1 aliphatic heterocycles. The fourth-order valence-electron chi connectivity index (χ4n) is 5.11. The van der Waals surface area contributed by atoms with Crippen LogP contribution < -0.4 is 5.32 Å². The molecule has 0 radical (unpaired) electrons. The maximum absolute atomic E-state index is 12.5. The molecule has 3 atom stereocenters. The third kappa shape index (κ3) is 1.96. The Hall–Kier alpha value is -0.440. The molecular weight excluding hydrogens is 266 g/mol. The minimum atomic E-state index is -0.0887. The highest BCUT2D eigenvalue weighted by atomic mass is 32.2. The van der Waals surface area contributed by atoms with Crippen LogP contribution in [0.1, 0.15) is 64.7 Å². The fraction of sp³-hybridized carbons (Fsp3) is 0.824. The first kappa shape index (κ1) is 13.2. The minimum Gasteiger partial charge on any atom is -0.374 e. The van der Waals surface area contributed by atoms with Gasteiger partial charge in [-0.1, -0.05) is 31.0 Å². The Morgan fingerprint density at radius 3 is 2.70 bits per heavy atom. The number of carbonyl (C=O) groups excluding carboxylic acids is 1. The maximum Gasteiger partial charge on any atom is 0.174 e. The van der Waals surface area contributed by atoms with E-state index in [2.05, 4.69) is 12.2 Å². The molecule has 3 aliphatic carbocycles. The third-order valence-electron chi connectivity index (χ3n) is 6.24. The SMILES string of the molecule is C[C@@]1(NC2=CC(=O)C3(CCCCC3)S2)C[C@H]2CC[C@@H]1C2. The van der Waals surface area contributed by atoms with Gasteiger partial charge in [0.2, 0.25) is 0 Å². The molecule has 0 aromatic rings. The summed E-state index contributed by atoms with van der Waals surface area (Å²) in [4.78, 5) is 12.5. The number of nitrogens with one attached hydrogen (secondary N) is 1. The van der Waals surface area contributed by atoms with Crippen molar-refractivity contribution in [1.82, 2.24) is 5.32 Å². The third-order valence-corrected chi connectivity index (χ3v) is 7.68. The van der Waals surface area contributed by atoms with Crippen LogP contribution in [-0.4, -0.2) is 16.1 Å². The number of ketones is 1. The molecule has 4 aliphatic rings. The molecule has 0 aromatic carbocycles. The molecule has 0 amide bonds. The van der Waals surface area contributed by atoms with Crippen LogP contribution >= 0.6 is 11.8 Å². The Morgan fingerprint density at radius 2 is 2.05 bits per heavy atom. The fourth-order valence-corrected chi connectivity index (χ4v) is 6.64. The Kier molecular flexibility index (Phi) is 3.00. The highest BCUT2D eigenvalue weighted by Crippen LogP contribution is 2.53. The van der Waals surface area contributed by atoms with Gasteiger partial charge in [-0.25, -0.2) is 0 Å². The lowest BCUT2D eigenvalue weighted by Crippen LogP contribution is -2.45. The number of hydrogen-bond acceptors (Lipinski definition) is 3. The van der Waals surface area contributed by atoms with Crippen LogP contribution in [-0.2, 0) is 4.79 Å². The average molecular weight is 291 g/mol. The van der Waals surface area contributed by atoms with Gasteiger partial charge in [0.05, 0.1) is 9.78 Å². The van der Waals surface area contributed by atoms with Crippen molar-refractivity contribution in [2.75, 3.05) is 0 Å². The van der Waals surface area contributed by atoms with Crippen molar-refractivity contribution >= 4 is 17.5 Å². The Morgan fingerprint density at radius 1 is 1.25 bits per heavy atom. The van der Waals surface area contributed by atoms with E-state index in [4.69, 9.17) is 0 Å². The van der Waals surface area contributed by atoms with Crippen molar-refractivity contribution in [3.05, 3.63) is 11.1 Å². The van der Waals surface area contributed by atoms with E-state index >= 15 is 0 Å². The van der Waals surface area contributed by atoms with Crippen LogP contribution in [0.25, 0.3) is 0 Å². The first-order valence-electron chi connectivity index (χ1n) is 8.33. The van der Waals surface area contributed by atoms with Crippen LogP contribution in [0.3, 0.4) is 0 Å². The summed E-state index contributed by atoms with van der Waals surface area (Å²) in [6.45, 7) is 2.38. The maximum atomic E-state index is 12.5. The molecule has 3 heteroatoms. The van der Waals surface area contributed by atoms with Crippen molar-refractivity contribution in [2.45, 2.75) is 75.0 Å². The van der Waals surface area contributed by atoms with E-state index in [1.807, 2.05) is 17.8 Å². The number of thioether (sulfide) groups is 1. The van der Waals surface area contributed by atoms with Gasteiger partial charge in [0, 0.05) is 11.6 Å². The van der Waals surface area contributed by atoms with Gasteiger partial charge in [0.25, 0.3) is 0 Å². The number of hydrogen-bond donors (Lipinski definition) is 1.